The van der Waals surface area contributed by atoms with Crippen LogP contribution in [0.3, 0.4) is 0 Å². The highest BCUT2D eigenvalue weighted by Gasteiger charge is 2.51. The van der Waals surface area contributed by atoms with Gasteiger partial charge < -0.3 is 23.7 Å². The van der Waals surface area contributed by atoms with Crippen molar-refractivity contribution in [3.63, 3.8) is 0 Å². The minimum absolute atomic E-state index is 0.174. The Bertz CT molecular complexity index is 1440. The molecule has 0 radical (unpaired) electrons. The van der Waals surface area contributed by atoms with Crippen LogP contribution in [0.25, 0.3) is 0 Å². The number of hydrogen-bond acceptors (Lipinski definition) is 8. The summed E-state index contributed by atoms with van der Waals surface area (Å²) in [5.41, 5.74) is 2.09. The molecule has 0 aliphatic carbocycles. The minimum atomic E-state index is -0.984. The fourth-order valence-corrected chi connectivity index (χ4v) is 5.89. The van der Waals surface area contributed by atoms with E-state index in [1.165, 1.54) is 11.8 Å². The number of benzene rings is 4. The van der Waals surface area contributed by atoms with Crippen LogP contribution in [-0.2, 0) is 36.9 Å². The van der Waals surface area contributed by atoms with Crippen LogP contribution in [0.5, 0.6) is 0 Å². The average Bonchev–Trinajstić information content (AvgIpc) is 3.07. The van der Waals surface area contributed by atoms with Crippen molar-refractivity contribution in [1.82, 2.24) is 0 Å². The molecule has 0 amide bonds. The van der Waals surface area contributed by atoms with Gasteiger partial charge in [-0.25, -0.2) is 9.59 Å². The van der Waals surface area contributed by atoms with Gasteiger partial charge in [0.05, 0.1) is 30.9 Å². The Balaban J connectivity index is 1.46. The maximum Gasteiger partial charge on any atom is 0.338 e. The number of carbonyl (C=O) groups excluding carboxylic acids is 2. The molecule has 5 atom stereocenters. The topological polar surface area (TPSA) is 80.3 Å². The smallest absolute Gasteiger partial charge is 0.338 e. The summed E-state index contributed by atoms with van der Waals surface area (Å²) in [5.74, 6) is -0.408. The monoisotopic (exact) mass is 612 g/mol. The van der Waals surface area contributed by atoms with E-state index in [1.54, 1.807) is 48.5 Å². The van der Waals surface area contributed by atoms with Gasteiger partial charge in [-0.3, -0.25) is 0 Å². The molecule has 4 aromatic rings. The van der Waals surface area contributed by atoms with Gasteiger partial charge in [0.1, 0.15) is 17.6 Å². The third kappa shape index (κ3) is 8.57. The Morgan fingerprint density at radius 2 is 1.11 bits per heavy atom. The highest BCUT2D eigenvalue weighted by atomic mass is 32.2. The van der Waals surface area contributed by atoms with Gasteiger partial charge in [-0.1, -0.05) is 104 Å². The lowest BCUT2D eigenvalue weighted by Crippen LogP contribution is -2.61. The first kappa shape index (κ1) is 31.5. The molecule has 0 spiro atoms. The van der Waals surface area contributed by atoms with Gasteiger partial charge in [-0.15, -0.1) is 11.8 Å². The molecule has 1 fully saturated rings. The predicted molar refractivity (Wildman–Crippen MR) is 169 cm³/mol. The number of esters is 2. The van der Waals surface area contributed by atoms with Gasteiger partial charge in [0.15, 0.2) is 12.2 Å². The number of carbonyl (C=O) groups is 2. The van der Waals surface area contributed by atoms with E-state index in [0.29, 0.717) is 23.5 Å². The zero-order chi connectivity index (χ0) is 30.6. The van der Waals surface area contributed by atoms with Crippen LogP contribution >= 0.6 is 11.8 Å². The lowest BCUT2D eigenvalue weighted by Gasteiger charge is -2.45. The maximum absolute atomic E-state index is 13.5. The van der Waals surface area contributed by atoms with Crippen molar-refractivity contribution in [3.8, 4) is 0 Å². The van der Waals surface area contributed by atoms with E-state index >= 15 is 0 Å². The molecular formula is C36H36O7S. The van der Waals surface area contributed by atoms with Crippen molar-refractivity contribution in [2.75, 3.05) is 12.4 Å². The first-order valence-electron chi connectivity index (χ1n) is 14.7. The molecule has 1 aliphatic heterocycles. The molecule has 0 saturated carbocycles. The van der Waals surface area contributed by atoms with Crippen molar-refractivity contribution >= 4 is 23.7 Å². The van der Waals surface area contributed by atoms with E-state index < -0.39 is 41.8 Å². The van der Waals surface area contributed by atoms with Crippen LogP contribution in [0.15, 0.2) is 121 Å². The van der Waals surface area contributed by atoms with E-state index in [-0.39, 0.29) is 13.2 Å². The van der Waals surface area contributed by atoms with E-state index in [1.807, 2.05) is 79.7 Å². The summed E-state index contributed by atoms with van der Waals surface area (Å²) in [6, 6.07) is 37.0. The van der Waals surface area contributed by atoms with Gasteiger partial charge in [-0.2, -0.15) is 0 Å². The molecule has 5 rings (SSSR count). The van der Waals surface area contributed by atoms with Crippen LogP contribution in [0.2, 0.25) is 0 Å². The summed E-state index contributed by atoms with van der Waals surface area (Å²) < 4.78 is 31.5. The Hall–Kier alpha value is -3.95. The molecule has 0 aromatic heterocycles. The molecule has 4 aromatic carbocycles. The van der Waals surface area contributed by atoms with Crippen LogP contribution in [0.4, 0.5) is 0 Å². The van der Waals surface area contributed by atoms with Gasteiger partial charge in [0.2, 0.25) is 0 Å². The summed E-state index contributed by atoms with van der Waals surface area (Å²) in [7, 11) is 0. The van der Waals surface area contributed by atoms with Gasteiger partial charge >= 0.3 is 11.9 Å². The first-order chi connectivity index (χ1) is 21.6. The highest BCUT2D eigenvalue weighted by Crippen LogP contribution is 2.35. The maximum atomic E-state index is 13.5. The van der Waals surface area contributed by atoms with Crippen LogP contribution in [0, 0.1) is 0 Å². The van der Waals surface area contributed by atoms with Crippen LogP contribution in [-0.4, -0.2) is 54.2 Å². The number of hydrogen-bond donors (Lipinski definition) is 0. The molecule has 7 nitrogen and oxygen atoms in total. The molecule has 1 saturated heterocycles. The molecule has 1 heterocycles. The summed E-state index contributed by atoms with van der Waals surface area (Å²) in [4.78, 5) is 26.9. The summed E-state index contributed by atoms with van der Waals surface area (Å²) in [5, 5.41) is 0. The van der Waals surface area contributed by atoms with Gasteiger partial charge in [-0.05, 0) is 41.1 Å². The van der Waals surface area contributed by atoms with Crippen molar-refractivity contribution in [1.29, 1.82) is 0 Å². The normalized spacial score (nSPS) is 21.3. The zero-order valence-electron chi connectivity index (χ0n) is 24.5. The second kappa shape index (κ2) is 16.2. The Kier molecular flexibility index (Phi) is 11.6. The van der Waals surface area contributed by atoms with Crippen molar-refractivity contribution in [3.05, 3.63) is 144 Å². The predicted octanol–water partition coefficient (Wildman–Crippen LogP) is 6.72. The fourth-order valence-electron chi connectivity index (χ4n) is 4.94. The highest BCUT2D eigenvalue weighted by molar-refractivity contribution is 7.99. The minimum Gasteiger partial charge on any atom is -0.452 e. The average molecular weight is 613 g/mol. The lowest BCUT2D eigenvalue weighted by atomic mass is 9.98. The van der Waals surface area contributed by atoms with E-state index in [2.05, 4.69) is 0 Å². The van der Waals surface area contributed by atoms with Crippen molar-refractivity contribution < 1.29 is 33.3 Å². The number of rotatable bonds is 13. The number of thioether (sulfide) groups is 1. The molecule has 0 N–H and O–H groups in total. The molecular weight excluding hydrogens is 576 g/mol. The molecule has 0 bridgehead atoms. The standard InChI is InChI=1S/C36H36O7S/c1-2-44-36-33(43-35(38)29-21-13-6-14-22-29)32(42-34(37)28-19-11-5-12-20-28)31(40-24-27-17-9-4-10-18-27)30(41-36)25-39-23-26-15-7-3-8-16-26/h3-22,30-33,36H,2,23-25H2,1H3/t30-,31-,32+,33+,36-/m1/s1. The summed E-state index contributed by atoms with van der Waals surface area (Å²) in [6.45, 7) is 2.77. The largest absolute Gasteiger partial charge is 0.452 e. The number of ether oxygens (including phenoxy) is 5. The van der Waals surface area contributed by atoms with E-state index in [9.17, 15) is 9.59 Å². The lowest BCUT2D eigenvalue weighted by molar-refractivity contribution is -0.228. The van der Waals surface area contributed by atoms with Crippen LogP contribution < -0.4 is 0 Å². The Labute approximate surface area is 262 Å². The SMILES string of the molecule is CCS[C@H]1O[C@H](COCc2ccccc2)[C@@H](OCc2ccccc2)[C@H](OC(=O)c2ccccc2)[C@@H]1OC(=O)c1ccccc1. The fraction of sp³-hybridized carbons (Fsp3) is 0.278. The van der Waals surface area contributed by atoms with Gasteiger partial charge in [0, 0.05) is 0 Å². The van der Waals surface area contributed by atoms with Crippen molar-refractivity contribution in [2.24, 2.45) is 0 Å². The quantitative estimate of drug-likeness (QED) is 0.154. The second-order valence-electron chi connectivity index (χ2n) is 10.2. The molecule has 1 aliphatic rings. The van der Waals surface area contributed by atoms with E-state index in [4.69, 9.17) is 23.7 Å². The summed E-state index contributed by atoms with van der Waals surface area (Å²) >= 11 is 1.47. The molecule has 44 heavy (non-hydrogen) atoms. The van der Waals surface area contributed by atoms with Crippen molar-refractivity contribution in [2.45, 2.75) is 50.0 Å². The first-order valence-corrected chi connectivity index (χ1v) is 15.7. The second-order valence-corrected chi connectivity index (χ2v) is 11.6. The van der Waals surface area contributed by atoms with Gasteiger partial charge in [0.25, 0.3) is 0 Å². The Morgan fingerprint density at radius 1 is 0.636 bits per heavy atom. The third-order valence-electron chi connectivity index (χ3n) is 7.11. The van der Waals surface area contributed by atoms with Crippen LogP contribution in [0.1, 0.15) is 38.8 Å². The summed E-state index contributed by atoms with van der Waals surface area (Å²) in [6.07, 6.45) is -3.36. The molecule has 228 valence electrons. The van der Waals surface area contributed by atoms with E-state index in [0.717, 1.165) is 11.1 Å². The molecule has 8 heteroatoms. The zero-order valence-corrected chi connectivity index (χ0v) is 25.3. The third-order valence-corrected chi connectivity index (χ3v) is 8.15. The Morgan fingerprint density at radius 3 is 1.64 bits per heavy atom. The molecule has 0 unspecified atom stereocenters.